The fraction of sp³-hybridized carbons (Fsp3) is 0.0625. The predicted octanol–water partition coefficient (Wildman–Crippen LogP) is 12.2. The van der Waals surface area contributed by atoms with Gasteiger partial charge < -0.3 is 16.1 Å². The number of benzene rings is 8. The Morgan fingerprint density at radius 1 is 0.252 bits per heavy atom. The van der Waals surface area contributed by atoms with Crippen LogP contribution < -0.4 is 54.3 Å². The van der Waals surface area contributed by atoms with Crippen molar-refractivity contribution in [2.75, 3.05) is 13.1 Å². The zero-order valence-corrected chi connectivity index (χ0v) is 63.7. The molecule has 4 N–H and O–H groups in total. The van der Waals surface area contributed by atoms with Gasteiger partial charge >= 0.3 is 0 Å². The van der Waals surface area contributed by atoms with Gasteiger partial charge in [0.2, 0.25) is 0 Å². The van der Waals surface area contributed by atoms with Gasteiger partial charge in [-0.3, -0.25) is 39.3 Å². The van der Waals surface area contributed by atoms with E-state index in [0.717, 1.165) is 45.6 Å². The van der Waals surface area contributed by atoms with Crippen LogP contribution in [0.3, 0.4) is 0 Å². The maximum Gasteiger partial charge on any atom is 0.187 e. The van der Waals surface area contributed by atoms with Crippen molar-refractivity contribution in [2.24, 2.45) is 0 Å². The number of hydrogen-bond donors (Lipinski definition) is 2. The number of pyridine rings is 4. The van der Waals surface area contributed by atoms with Crippen molar-refractivity contribution in [3.8, 4) is 0 Å². The summed E-state index contributed by atoms with van der Waals surface area (Å²) in [5.41, 5.74) is 19.8. The van der Waals surface area contributed by atoms with Crippen LogP contribution in [0.5, 0.6) is 0 Å². The summed E-state index contributed by atoms with van der Waals surface area (Å²) in [6.07, 6.45) is 30.9. The Morgan fingerprint density at radius 2 is 0.468 bits per heavy atom. The molecule has 6 heterocycles. The van der Waals surface area contributed by atoms with Crippen molar-refractivity contribution in [2.45, 2.75) is 26.2 Å². The van der Waals surface area contributed by atoms with E-state index in [9.17, 15) is 9.59 Å². The van der Waals surface area contributed by atoms with E-state index in [2.05, 4.69) is 283 Å². The van der Waals surface area contributed by atoms with Gasteiger partial charge in [0.05, 0.1) is 22.8 Å². The summed E-state index contributed by atoms with van der Waals surface area (Å²) < 4.78 is 0. The third-order valence-electron chi connectivity index (χ3n) is 19.7. The number of dihydropyridines is 2. The average molecular weight is 1530 g/mol. The van der Waals surface area contributed by atoms with Crippen molar-refractivity contribution in [1.82, 2.24) is 40.4 Å². The maximum atomic E-state index is 12.2. The van der Waals surface area contributed by atoms with Gasteiger partial charge in [-0.05, 0) is 97.1 Å². The molecule has 0 saturated carbocycles. The van der Waals surface area contributed by atoms with E-state index in [0.29, 0.717) is 50.4 Å². The minimum absolute atomic E-state index is 0. The number of nitrogens with zero attached hydrogens (tertiary/aromatic N) is 6. The molecule has 8 aromatic carbocycles. The molecule has 15 heteroatoms. The first-order valence-electron chi connectivity index (χ1n) is 36.7. The normalized spacial score (nSPS) is 14.5. The molecule has 0 atom stereocenters. The second-order valence-corrected chi connectivity index (χ2v) is 26.8. The average Bonchev–Trinajstić information content (AvgIpc) is 0.743. The van der Waals surface area contributed by atoms with Crippen molar-refractivity contribution < 1.29 is 49.2 Å². The van der Waals surface area contributed by atoms with Gasteiger partial charge in [0.15, 0.2) is 11.6 Å². The Kier molecular flexibility index (Phi) is 30.7. The fourth-order valence-electron chi connectivity index (χ4n) is 14.9. The molecule has 2 aliphatic heterocycles. The number of allylic oxidation sites excluding steroid dienone is 16. The summed E-state index contributed by atoms with van der Waals surface area (Å²) >= 11 is 0. The minimum atomic E-state index is -1.22. The van der Waals surface area contributed by atoms with Crippen LogP contribution in [0, 0.1) is 0 Å². The molecule has 4 aliphatic rings. The van der Waals surface area contributed by atoms with Gasteiger partial charge in [-0.2, -0.15) is 43.7 Å². The number of carbonyl (C=O) groups excluding carboxylic acids is 2. The second kappa shape index (κ2) is 41.9. The maximum absolute atomic E-state index is 12.2. The van der Waals surface area contributed by atoms with E-state index in [-0.39, 0.29) is 51.2 Å². The van der Waals surface area contributed by atoms with Crippen molar-refractivity contribution in [3.05, 3.63) is 482 Å². The Labute approximate surface area is 673 Å². The van der Waals surface area contributed by atoms with Crippen LogP contribution in [0.2, 0.25) is 0 Å². The summed E-state index contributed by atoms with van der Waals surface area (Å²) in [4.78, 5) is 46.8. The van der Waals surface area contributed by atoms with E-state index in [1.54, 1.807) is 24.3 Å². The Balaban J connectivity index is 0.000000156. The van der Waals surface area contributed by atoms with Gasteiger partial charge in [-0.1, -0.05) is 303 Å². The molecule has 0 spiro atoms. The van der Waals surface area contributed by atoms with E-state index in [4.69, 9.17) is 0 Å². The van der Waals surface area contributed by atoms with Crippen LogP contribution in [0.1, 0.15) is 22.8 Å². The molecule has 4 aromatic heterocycles. The molecule has 111 heavy (non-hydrogen) atoms. The van der Waals surface area contributed by atoms with Crippen molar-refractivity contribution in [1.29, 1.82) is 0 Å². The zero-order valence-electron chi connectivity index (χ0n) is 61.5. The van der Waals surface area contributed by atoms with E-state index >= 15 is 0 Å². The quantitative estimate of drug-likeness (QED) is 0.0558. The zero-order chi connectivity index (χ0) is 73.7. The summed E-state index contributed by atoms with van der Waals surface area (Å²) in [6, 6.07) is 111. The van der Waals surface area contributed by atoms with Gasteiger partial charge in [0.25, 0.3) is 0 Å². The molecule has 16 rings (SSSR count). The smallest absolute Gasteiger partial charge is 0.187 e. The van der Waals surface area contributed by atoms with Crippen LogP contribution in [-0.4, -0.2) is 72.2 Å². The summed E-state index contributed by atoms with van der Waals surface area (Å²) in [7, 11) is 0. The van der Waals surface area contributed by atoms with Crippen LogP contribution in [0.15, 0.2) is 459 Å². The molecule has 12 aromatic rings. The number of nitrogens with one attached hydrogen (secondary N) is 2. The first-order chi connectivity index (χ1) is 53.4. The van der Waals surface area contributed by atoms with Gasteiger partial charge in [0.1, 0.15) is 12.3 Å². The third-order valence-corrected chi connectivity index (χ3v) is 19.7. The van der Waals surface area contributed by atoms with Crippen molar-refractivity contribution in [3.63, 3.8) is 0 Å². The van der Waals surface area contributed by atoms with Gasteiger partial charge in [-0.15, -0.1) is 0 Å². The summed E-state index contributed by atoms with van der Waals surface area (Å²) in [5, 5.41) is 6.84. The molecule has 0 bridgehead atoms. The van der Waals surface area contributed by atoms with E-state index in [1.165, 1.54) is 43.7 Å². The molecule has 0 radical (unpaired) electrons. The number of carbonyl (C=O) groups is 2. The molecule has 2 aliphatic carbocycles. The van der Waals surface area contributed by atoms with Crippen molar-refractivity contribution >= 4 is 67.6 Å². The molecule has 11 nitrogen and oxygen atoms in total. The van der Waals surface area contributed by atoms with Crippen LogP contribution in [0.4, 0.5) is 0 Å². The molecule has 0 saturated heterocycles. The predicted molar refractivity (Wildman–Crippen MR) is 450 cm³/mol. The van der Waals surface area contributed by atoms with Crippen LogP contribution in [0.25, 0.3) is 0 Å². The second-order valence-electron chi connectivity index (χ2n) is 26.8. The van der Waals surface area contributed by atoms with E-state index < -0.39 is 12.3 Å². The fourth-order valence-corrected chi connectivity index (χ4v) is 14.9. The molecular weight excluding hydrogens is 1450 g/mol. The molecule has 0 unspecified atom stereocenters. The number of hydrogen-bond acceptors (Lipinski definition) is 10. The standard InChI is InChI=1S/2C24H20B.2C24H22N4O.2Fe.H2O/c2*1-5-13-21(14-6-1)25(22-15-7-2-8-16-22,23-17-9-3-10-18-23)24-19-11-4-12-20-24;2*29-24-13-2-1-11-22(24)23-12-7-10-21(27-23)18-28(16-19-8-3-5-14-25-19)17-20-9-4-6-15-26-20;;;/h2*1-20H;2*1-15,27H,16-18H2;;;1H2/q2*-1;;;;;/b;;2*23-22-;;;. The van der Waals surface area contributed by atoms with Gasteiger partial charge in [-0.25, -0.2) is 0 Å². The third kappa shape index (κ3) is 21.2. The summed E-state index contributed by atoms with van der Waals surface area (Å²) in [5.74, 6) is 0.0273. The van der Waals surface area contributed by atoms with Gasteiger partial charge in [0, 0.05) is 132 Å². The molecule has 552 valence electrons. The van der Waals surface area contributed by atoms with Crippen LogP contribution >= 0.6 is 0 Å². The number of aromatic nitrogens is 4. The number of ketones is 2. The Bertz CT molecular complexity index is 4480. The number of rotatable bonds is 20. The first-order valence-corrected chi connectivity index (χ1v) is 36.7. The van der Waals surface area contributed by atoms with Crippen LogP contribution in [-0.2, 0) is 69.9 Å². The largest absolute Gasteiger partial charge is 0.412 e. The first kappa shape index (κ1) is 81.3. The monoisotopic (exact) mass is 1530 g/mol. The summed E-state index contributed by atoms with van der Waals surface area (Å²) in [6.45, 7) is 4.17. The van der Waals surface area contributed by atoms with E-state index in [1.807, 2.05) is 158 Å². The molecular formula is C96H86B2Fe2N8O3-2. The molecule has 0 amide bonds. The molecule has 0 fully saturated rings. The minimum Gasteiger partial charge on any atom is -0.412 e. The Hall–Kier alpha value is -12.3. The Morgan fingerprint density at radius 3 is 0.676 bits per heavy atom. The SMILES string of the molecule is O.O=C1C=CC=C/C1=C1\C=CC=C(CN(Cc2ccccn2)Cc2ccccn2)N1.O=C1C=CC=C/C1=C1\C=CC=C(CN(Cc2ccccn2)Cc2ccccn2)N1.[Fe].[Fe].c1ccc([B-](c2ccccc2)(c2ccccc2)c2ccccc2)cc1.c1ccc([B-](c2ccccc2)(c2ccccc2)c2ccccc2)cc1. The topological polar surface area (TPSA) is 148 Å².